The van der Waals surface area contributed by atoms with Gasteiger partial charge in [-0.2, -0.15) is 0 Å². The van der Waals surface area contributed by atoms with Crippen molar-refractivity contribution in [2.75, 3.05) is 13.7 Å². The zero-order valence-electron chi connectivity index (χ0n) is 10.8. The zero-order chi connectivity index (χ0) is 13.0. The molecule has 1 heterocycles. The zero-order valence-corrected chi connectivity index (χ0v) is 10.8. The van der Waals surface area contributed by atoms with Crippen molar-refractivity contribution in [1.82, 2.24) is 5.32 Å². The van der Waals surface area contributed by atoms with Gasteiger partial charge in [0.05, 0.1) is 7.11 Å². The molecule has 0 saturated carbocycles. The number of carbonyl (C=O) groups excluding carboxylic acids is 1. The van der Waals surface area contributed by atoms with Crippen LogP contribution in [-0.2, 0) is 16.0 Å². The lowest BCUT2D eigenvalue weighted by Gasteiger charge is -2.19. The summed E-state index contributed by atoms with van der Waals surface area (Å²) in [6.07, 6.45) is 1.74. The molecule has 2 unspecified atom stereocenters. The van der Waals surface area contributed by atoms with Crippen LogP contribution in [0.25, 0.3) is 0 Å². The Labute approximate surface area is 107 Å². The molecule has 1 aromatic carbocycles. The Morgan fingerprint density at radius 3 is 2.72 bits per heavy atom. The molecule has 0 spiro atoms. The van der Waals surface area contributed by atoms with Crippen LogP contribution in [0.2, 0.25) is 0 Å². The van der Waals surface area contributed by atoms with Gasteiger partial charge in [0, 0.05) is 13.0 Å². The van der Waals surface area contributed by atoms with Crippen molar-refractivity contribution >= 4 is 5.97 Å². The van der Waals surface area contributed by atoms with Crippen molar-refractivity contribution in [3.05, 3.63) is 29.8 Å². The largest absolute Gasteiger partial charge is 0.497 e. The summed E-state index contributed by atoms with van der Waals surface area (Å²) in [6, 6.07) is 8.20. The van der Waals surface area contributed by atoms with Crippen LogP contribution in [0.4, 0.5) is 0 Å². The van der Waals surface area contributed by atoms with E-state index in [4.69, 9.17) is 9.47 Å². The molecule has 1 aromatic rings. The third-order valence-electron chi connectivity index (χ3n) is 3.22. The summed E-state index contributed by atoms with van der Waals surface area (Å²) >= 11 is 0. The first kappa shape index (κ1) is 12.9. The van der Waals surface area contributed by atoms with E-state index in [2.05, 4.69) is 5.32 Å². The van der Waals surface area contributed by atoms with E-state index in [1.165, 1.54) is 12.5 Å². The highest BCUT2D eigenvalue weighted by Crippen LogP contribution is 2.18. The predicted molar refractivity (Wildman–Crippen MR) is 68.7 cm³/mol. The molecule has 2 rings (SSSR count). The number of nitrogens with one attached hydrogen (secondary N) is 1. The topological polar surface area (TPSA) is 47.6 Å². The fraction of sp³-hybridized carbons (Fsp3) is 0.500. The van der Waals surface area contributed by atoms with Gasteiger partial charge in [-0.25, -0.2) is 0 Å². The average Bonchev–Trinajstić information content (AvgIpc) is 2.77. The average molecular weight is 249 g/mol. The van der Waals surface area contributed by atoms with E-state index in [1.807, 2.05) is 24.3 Å². The summed E-state index contributed by atoms with van der Waals surface area (Å²) in [4.78, 5) is 11.0. The molecule has 98 valence electrons. The van der Waals surface area contributed by atoms with Crippen molar-refractivity contribution in [2.24, 2.45) is 0 Å². The molecule has 0 aromatic heterocycles. The molecule has 0 amide bonds. The molecule has 0 aliphatic carbocycles. The van der Waals surface area contributed by atoms with Crippen LogP contribution >= 0.6 is 0 Å². The maximum atomic E-state index is 11.0. The van der Waals surface area contributed by atoms with E-state index < -0.39 is 0 Å². The Kier molecular flexibility index (Phi) is 4.20. The Morgan fingerprint density at radius 1 is 1.39 bits per heavy atom. The van der Waals surface area contributed by atoms with E-state index in [0.717, 1.165) is 25.1 Å². The lowest BCUT2D eigenvalue weighted by atomic mass is 10.0. The summed E-state index contributed by atoms with van der Waals surface area (Å²) in [5.41, 5.74) is 1.22. The summed E-state index contributed by atoms with van der Waals surface area (Å²) in [6.45, 7) is 2.36. The molecule has 1 aliphatic heterocycles. The number of carbonyl (C=O) groups is 1. The van der Waals surface area contributed by atoms with E-state index in [-0.39, 0.29) is 18.1 Å². The van der Waals surface area contributed by atoms with Crippen molar-refractivity contribution < 1.29 is 14.3 Å². The lowest BCUT2D eigenvalue weighted by molar-refractivity contribution is -0.146. The van der Waals surface area contributed by atoms with Gasteiger partial charge in [-0.15, -0.1) is 0 Å². The van der Waals surface area contributed by atoms with Crippen LogP contribution in [0.1, 0.15) is 18.9 Å². The van der Waals surface area contributed by atoms with Crippen LogP contribution in [-0.4, -0.2) is 31.8 Å². The highest BCUT2D eigenvalue weighted by Gasteiger charge is 2.29. The highest BCUT2D eigenvalue weighted by atomic mass is 16.5. The van der Waals surface area contributed by atoms with Gasteiger partial charge >= 0.3 is 5.97 Å². The van der Waals surface area contributed by atoms with Crippen LogP contribution < -0.4 is 10.1 Å². The van der Waals surface area contributed by atoms with E-state index in [0.29, 0.717) is 0 Å². The second-order valence-electron chi connectivity index (χ2n) is 4.55. The number of ether oxygens (including phenoxy) is 2. The quantitative estimate of drug-likeness (QED) is 0.822. The van der Waals surface area contributed by atoms with E-state index >= 15 is 0 Å². The minimum Gasteiger partial charge on any atom is -0.497 e. The minimum absolute atomic E-state index is 0.00963. The molecule has 1 N–H and O–H groups in total. The number of benzene rings is 1. The number of hydrogen-bond donors (Lipinski definition) is 1. The molecule has 4 heteroatoms. The van der Waals surface area contributed by atoms with Crippen molar-refractivity contribution in [3.8, 4) is 5.75 Å². The summed E-state index contributed by atoms with van der Waals surface area (Å²) in [7, 11) is 1.66. The van der Waals surface area contributed by atoms with Crippen molar-refractivity contribution in [3.63, 3.8) is 0 Å². The monoisotopic (exact) mass is 249 g/mol. The Morgan fingerprint density at radius 2 is 2.11 bits per heavy atom. The first-order valence-corrected chi connectivity index (χ1v) is 6.22. The molecule has 4 nitrogen and oxygen atoms in total. The maximum Gasteiger partial charge on any atom is 0.302 e. The Hall–Kier alpha value is -1.55. The fourth-order valence-corrected chi connectivity index (χ4v) is 2.32. The second-order valence-corrected chi connectivity index (χ2v) is 4.55. The fourth-order valence-electron chi connectivity index (χ4n) is 2.32. The van der Waals surface area contributed by atoms with E-state index in [1.54, 1.807) is 7.11 Å². The van der Waals surface area contributed by atoms with Gasteiger partial charge in [0.15, 0.2) is 0 Å². The van der Waals surface area contributed by atoms with Gasteiger partial charge in [0.1, 0.15) is 11.9 Å². The number of rotatable bonds is 4. The minimum atomic E-state index is -0.205. The summed E-state index contributed by atoms with van der Waals surface area (Å²) < 4.78 is 10.4. The van der Waals surface area contributed by atoms with E-state index in [9.17, 15) is 4.79 Å². The van der Waals surface area contributed by atoms with Crippen LogP contribution in [0.3, 0.4) is 0 Å². The normalized spacial score (nSPS) is 22.8. The smallest absolute Gasteiger partial charge is 0.302 e. The van der Waals surface area contributed by atoms with Gasteiger partial charge in [-0.05, 0) is 37.1 Å². The number of hydrogen-bond acceptors (Lipinski definition) is 4. The summed E-state index contributed by atoms with van der Waals surface area (Å²) in [5.74, 6) is 0.651. The Bertz CT molecular complexity index is 402. The van der Waals surface area contributed by atoms with Crippen molar-refractivity contribution in [2.45, 2.75) is 31.9 Å². The van der Waals surface area contributed by atoms with Gasteiger partial charge in [-0.1, -0.05) is 12.1 Å². The lowest BCUT2D eigenvalue weighted by Crippen LogP contribution is -2.35. The molecular weight excluding hydrogens is 230 g/mol. The molecule has 2 atom stereocenters. The first-order chi connectivity index (χ1) is 8.69. The third kappa shape index (κ3) is 3.23. The molecule has 0 bridgehead atoms. The SMILES string of the molecule is COc1ccc(CC2NCCC2OC(C)=O)cc1. The van der Waals surface area contributed by atoms with Gasteiger partial charge in [-0.3, -0.25) is 4.79 Å². The Balaban J connectivity index is 1.96. The molecule has 0 radical (unpaired) electrons. The standard InChI is InChI=1S/C14H19NO3/c1-10(16)18-14-7-8-15-13(14)9-11-3-5-12(17-2)6-4-11/h3-6,13-15H,7-9H2,1-2H3. The highest BCUT2D eigenvalue weighted by molar-refractivity contribution is 5.66. The van der Waals surface area contributed by atoms with Gasteiger partial charge < -0.3 is 14.8 Å². The second kappa shape index (κ2) is 5.87. The third-order valence-corrected chi connectivity index (χ3v) is 3.22. The molecule has 18 heavy (non-hydrogen) atoms. The van der Waals surface area contributed by atoms with Crippen LogP contribution in [0, 0.1) is 0 Å². The first-order valence-electron chi connectivity index (χ1n) is 6.22. The molecule has 1 aliphatic rings. The van der Waals surface area contributed by atoms with Crippen LogP contribution in [0.15, 0.2) is 24.3 Å². The molecule has 1 saturated heterocycles. The molecular formula is C14H19NO3. The number of esters is 1. The molecule has 1 fully saturated rings. The van der Waals surface area contributed by atoms with Gasteiger partial charge in [0.25, 0.3) is 0 Å². The predicted octanol–water partition coefficient (Wildman–Crippen LogP) is 1.53. The van der Waals surface area contributed by atoms with Crippen LogP contribution in [0.5, 0.6) is 5.75 Å². The summed E-state index contributed by atoms with van der Waals surface area (Å²) in [5, 5.41) is 3.38. The van der Waals surface area contributed by atoms with Crippen molar-refractivity contribution in [1.29, 1.82) is 0 Å². The number of methoxy groups -OCH3 is 1. The van der Waals surface area contributed by atoms with Gasteiger partial charge in [0.2, 0.25) is 0 Å². The maximum absolute atomic E-state index is 11.0.